The summed E-state index contributed by atoms with van der Waals surface area (Å²) >= 11 is 0. The summed E-state index contributed by atoms with van der Waals surface area (Å²) in [7, 11) is 0. The summed E-state index contributed by atoms with van der Waals surface area (Å²) in [5.74, 6) is 0. The lowest BCUT2D eigenvalue weighted by Crippen LogP contribution is -1.99. The SMILES string of the molecule is Cc1ccc(-c2ccc(Cc3ccc(Cc4ccccc4)c(-c4cc(C)ccc4N)c3)cc2)cc1.Cc1ccc(C)c(-c2cc(C#N)ccc2Cc2ccccc2)c1.Cc1ccccc1.Cc1ccccc1. The van der Waals surface area contributed by atoms with E-state index in [2.05, 4.69) is 230 Å². The summed E-state index contributed by atoms with van der Waals surface area (Å²) in [4.78, 5) is 0. The molecule has 0 heterocycles. The number of aryl methyl sites for hydroxylation is 6. The molecule has 0 atom stereocenters. The standard InChI is InChI=1S/C34H31N.C22H19N.2C7H8/c1-24-8-14-29(15-9-24)30-16-11-27(12-17-30)21-28-13-18-31(22-26-6-4-3-5-7-26)32(23-28)33-20-25(2)10-19-34(33)35;1-16-8-9-17(2)21(12-16)22-14-19(15-23)10-11-20(22)13-18-6-4-3-5-7-18;2*1-7-5-3-2-4-6-7/h3-20,23H,21-22,35H2,1-2H3;3-12,14H,13H2,1-2H3;2*2-6H,1H3. The number of nitriles is 1. The summed E-state index contributed by atoms with van der Waals surface area (Å²) in [6, 6.07) is 87.2. The van der Waals surface area contributed by atoms with Crippen molar-refractivity contribution in [3.63, 3.8) is 0 Å². The minimum Gasteiger partial charge on any atom is -0.398 e. The maximum absolute atomic E-state index is 9.26. The Morgan fingerprint density at radius 2 is 0.722 bits per heavy atom. The molecule has 0 spiro atoms. The molecule has 10 aromatic carbocycles. The number of hydrogen-bond acceptors (Lipinski definition) is 2. The second kappa shape index (κ2) is 25.9. The highest BCUT2D eigenvalue weighted by Gasteiger charge is 2.13. The van der Waals surface area contributed by atoms with Crippen LogP contribution in [0.2, 0.25) is 0 Å². The maximum Gasteiger partial charge on any atom is 0.0991 e. The second-order valence-electron chi connectivity index (χ2n) is 18.8. The van der Waals surface area contributed by atoms with Crippen molar-refractivity contribution in [1.82, 2.24) is 0 Å². The molecule has 0 aliphatic carbocycles. The van der Waals surface area contributed by atoms with Gasteiger partial charge in [0.1, 0.15) is 0 Å². The van der Waals surface area contributed by atoms with Gasteiger partial charge < -0.3 is 5.73 Å². The van der Waals surface area contributed by atoms with Gasteiger partial charge >= 0.3 is 0 Å². The van der Waals surface area contributed by atoms with Crippen LogP contribution in [0.3, 0.4) is 0 Å². The first-order chi connectivity index (χ1) is 35.0. The van der Waals surface area contributed by atoms with Gasteiger partial charge in [0.05, 0.1) is 11.6 Å². The third-order valence-electron chi connectivity index (χ3n) is 12.7. The lowest BCUT2D eigenvalue weighted by molar-refractivity contribution is 1.15. The van der Waals surface area contributed by atoms with E-state index in [0.29, 0.717) is 5.56 Å². The zero-order chi connectivity index (χ0) is 50.7. The Labute approximate surface area is 429 Å². The number of hydrogen-bond donors (Lipinski definition) is 1. The third-order valence-corrected chi connectivity index (χ3v) is 12.7. The van der Waals surface area contributed by atoms with E-state index in [1.54, 1.807) is 0 Å². The molecule has 0 unspecified atom stereocenters. The monoisotopic (exact) mass is 935 g/mol. The summed E-state index contributed by atoms with van der Waals surface area (Å²) < 4.78 is 0. The van der Waals surface area contributed by atoms with E-state index in [9.17, 15) is 5.26 Å². The Morgan fingerprint density at radius 3 is 1.22 bits per heavy atom. The fraction of sp³-hybridized carbons (Fsp3) is 0.129. The Hall–Kier alpha value is -8.51. The van der Waals surface area contributed by atoms with E-state index < -0.39 is 0 Å². The highest BCUT2D eigenvalue weighted by Crippen LogP contribution is 2.34. The van der Waals surface area contributed by atoms with Crippen molar-refractivity contribution in [1.29, 1.82) is 5.26 Å². The molecule has 2 N–H and O–H groups in total. The molecule has 0 radical (unpaired) electrons. The van der Waals surface area contributed by atoms with E-state index in [4.69, 9.17) is 5.73 Å². The van der Waals surface area contributed by atoms with Crippen LogP contribution in [-0.4, -0.2) is 0 Å². The lowest BCUT2D eigenvalue weighted by Gasteiger charge is -2.15. The molecule has 0 bridgehead atoms. The molecule has 0 amide bonds. The number of rotatable bonds is 9. The fourth-order valence-electron chi connectivity index (χ4n) is 8.62. The molecule has 2 heteroatoms. The first-order valence-corrected chi connectivity index (χ1v) is 24.9. The summed E-state index contributed by atoms with van der Waals surface area (Å²) in [5, 5.41) is 9.26. The van der Waals surface area contributed by atoms with Gasteiger partial charge in [-0.1, -0.05) is 246 Å². The molecule has 0 aliphatic heterocycles. The van der Waals surface area contributed by atoms with Crippen molar-refractivity contribution in [3.05, 3.63) is 315 Å². The minimum absolute atomic E-state index is 0.706. The van der Waals surface area contributed by atoms with Crippen LogP contribution in [0, 0.1) is 52.9 Å². The van der Waals surface area contributed by atoms with E-state index in [-0.39, 0.29) is 0 Å². The second-order valence-corrected chi connectivity index (χ2v) is 18.8. The molecule has 10 rings (SSSR count). The van der Waals surface area contributed by atoms with E-state index in [1.807, 2.05) is 60.7 Å². The topological polar surface area (TPSA) is 49.8 Å². The minimum atomic E-state index is 0.706. The third kappa shape index (κ3) is 15.2. The van der Waals surface area contributed by atoms with Gasteiger partial charge in [-0.3, -0.25) is 0 Å². The number of anilines is 1. The fourth-order valence-corrected chi connectivity index (χ4v) is 8.62. The number of nitrogens with zero attached hydrogens (tertiary/aromatic N) is 1. The van der Waals surface area contributed by atoms with E-state index in [1.165, 1.54) is 89.0 Å². The number of nitrogens with two attached hydrogens (primary N) is 1. The average Bonchev–Trinajstić information content (AvgIpc) is 3.40. The molecule has 356 valence electrons. The molecule has 0 aromatic heterocycles. The van der Waals surface area contributed by atoms with Gasteiger partial charge in [-0.2, -0.15) is 5.26 Å². The Balaban J connectivity index is 0.000000174. The van der Waals surface area contributed by atoms with Crippen LogP contribution in [0.4, 0.5) is 5.69 Å². The van der Waals surface area contributed by atoms with Crippen LogP contribution in [0.5, 0.6) is 0 Å². The smallest absolute Gasteiger partial charge is 0.0991 e. The predicted octanol–water partition coefficient (Wildman–Crippen LogP) is 17.8. The molecular formula is C70H66N2. The molecule has 0 saturated carbocycles. The summed E-state index contributed by atoms with van der Waals surface area (Å²) in [6.45, 7) is 12.6. The average molecular weight is 935 g/mol. The molecule has 0 fully saturated rings. The zero-order valence-corrected chi connectivity index (χ0v) is 42.7. The van der Waals surface area contributed by atoms with Crippen molar-refractivity contribution in [2.45, 2.75) is 60.8 Å². The largest absolute Gasteiger partial charge is 0.398 e. The van der Waals surface area contributed by atoms with Gasteiger partial charge in [0.25, 0.3) is 0 Å². The molecule has 2 nitrogen and oxygen atoms in total. The molecular weight excluding hydrogens is 869 g/mol. The molecule has 0 aliphatic rings. The Bertz CT molecular complexity index is 3260. The van der Waals surface area contributed by atoms with E-state index in [0.717, 1.165) is 36.1 Å². The van der Waals surface area contributed by atoms with Crippen LogP contribution in [-0.2, 0) is 19.3 Å². The van der Waals surface area contributed by atoms with Crippen molar-refractivity contribution >= 4 is 5.69 Å². The summed E-state index contributed by atoms with van der Waals surface area (Å²) in [5.41, 5.74) is 30.6. The highest BCUT2D eigenvalue weighted by molar-refractivity contribution is 5.80. The van der Waals surface area contributed by atoms with Gasteiger partial charge in [-0.15, -0.1) is 0 Å². The number of benzene rings is 10. The molecule has 10 aromatic rings. The van der Waals surface area contributed by atoms with Gasteiger partial charge in [0, 0.05) is 11.3 Å². The summed E-state index contributed by atoms with van der Waals surface area (Å²) in [6.07, 6.45) is 2.64. The first kappa shape index (κ1) is 51.3. The normalized spacial score (nSPS) is 10.3. The van der Waals surface area contributed by atoms with Crippen molar-refractivity contribution in [3.8, 4) is 39.4 Å². The van der Waals surface area contributed by atoms with Gasteiger partial charge in [0.15, 0.2) is 0 Å². The zero-order valence-electron chi connectivity index (χ0n) is 42.7. The van der Waals surface area contributed by atoms with Gasteiger partial charge in [-0.25, -0.2) is 0 Å². The quantitative estimate of drug-likeness (QED) is 0.147. The van der Waals surface area contributed by atoms with Crippen molar-refractivity contribution in [2.75, 3.05) is 5.73 Å². The highest BCUT2D eigenvalue weighted by atomic mass is 14.6. The number of nitrogen functional groups attached to an aromatic ring is 1. The first-order valence-electron chi connectivity index (χ1n) is 24.9. The van der Waals surface area contributed by atoms with Crippen LogP contribution in [0.25, 0.3) is 33.4 Å². The predicted molar refractivity (Wildman–Crippen MR) is 307 cm³/mol. The molecule has 0 saturated heterocycles. The molecule has 72 heavy (non-hydrogen) atoms. The van der Waals surface area contributed by atoms with Crippen LogP contribution < -0.4 is 5.73 Å². The van der Waals surface area contributed by atoms with E-state index >= 15 is 0 Å². The van der Waals surface area contributed by atoms with Gasteiger partial charge in [0.2, 0.25) is 0 Å². The van der Waals surface area contributed by atoms with Gasteiger partial charge in [-0.05, 0) is 152 Å². The van der Waals surface area contributed by atoms with Crippen LogP contribution >= 0.6 is 0 Å². The Kier molecular flexibility index (Phi) is 18.5. The van der Waals surface area contributed by atoms with Crippen molar-refractivity contribution < 1.29 is 0 Å². The van der Waals surface area contributed by atoms with Crippen LogP contribution in [0.15, 0.2) is 243 Å². The maximum atomic E-state index is 9.26. The Morgan fingerprint density at radius 1 is 0.319 bits per heavy atom. The lowest BCUT2D eigenvalue weighted by atomic mass is 9.90. The van der Waals surface area contributed by atoms with Crippen LogP contribution in [0.1, 0.15) is 72.3 Å². The van der Waals surface area contributed by atoms with Crippen molar-refractivity contribution in [2.24, 2.45) is 0 Å².